The Labute approximate surface area is 199 Å². The van der Waals surface area contributed by atoms with Crippen LogP contribution in [0.5, 0.6) is 0 Å². The van der Waals surface area contributed by atoms with Gasteiger partial charge in [0, 0.05) is 58.4 Å². The first kappa shape index (κ1) is 25.6. The highest BCUT2D eigenvalue weighted by Crippen LogP contribution is 2.15. The largest absolute Gasteiger partial charge is 0.437 e. The standard InChI is InChI=1S/C14H21BN2O2.C12H18N2/c1-12(18)14-11-17(15(2)19)9-8-16(14)10-13-6-4-3-5-7-13;1-11-9-13-7-8-14(11)10-12-5-3-2-4-6-12/h3-7,14,19H,8-11H2,1-2H3;2-6,11,13H,7-10H2,1H3. The molecule has 2 N–H and O–H groups in total. The molecule has 2 fully saturated rings. The van der Waals surface area contributed by atoms with Gasteiger partial charge in [0.15, 0.2) is 0 Å². The Kier molecular flexibility index (Phi) is 10.1. The highest BCUT2D eigenvalue weighted by Gasteiger charge is 2.32. The van der Waals surface area contributed by atoms with Crippen LogP contribution in [-0.2, 0) is 17.9 Å². The summed E-state index contributed by atoms with van der Waals surface area (Å²) >= 11 is 0. The number of carbonyl (C=O) groups is 1. The lowest BCUT2D eigenvalue weighted by Crippen LogP contribution is -2.58. The number of Topliss-reactive ketones (excluding diaryl/α,β-unsaturated/α-hetero) is 1. The normalized spacial score (nSPS) is 22.3. The Morgan fingerprint density at radius 1 is 0.970 bits per heavy atom. The molecule has 2 aromatic carbocycles. The monoisotopic (exact) mass is 450 g/mol. The van der Waals surface area contributed by atoms with Crippen LogP contribution in [0.2, 0.25) is 6.82 Å². The summed E-state index contributed by atoms with van der Waals surface area (Å²) in [5.41, 5.74) is 2.64. The van der Waals surface area contributed by atoms with E-state index in [-0.39, 0.29) is 11.8 Å². The number of hydrogen-bond donors (Lipinski definition) is 2. The van der Waals surface area contributed by atoms with Crippen LogP contribution >= 0.6 is 0 Å². The van der Waals surface area contributed by atoms with Crippen molar-refractivity contribution in [3.8, 4) is 0 Å². The van der Waals surface area contributed by atoms with Gasteiger partial charge in [-0.25, -0.2) is 0 Å². The number of hydrogen-bond acceptors (Lipinski definition) is 6. The summed E-state index contributed by atoms with van der Waals surface area (Å²) in [6.45, 7) is 13.2. The fraction of sp³-hybridized carbons (Fsp3) is 0.500. The van der Waals surface area contributed by atoms with Crippen LogP contribution in [0.1, 0.15) is 25.0 Å². The van der Waals surface area contributed by atoms with Gasteiger partial charge >= 0.3 is 7.05 Å². The molecule has 0 amide bonds. The van der Waals surface area contributed by atoms with Crippen molar-refractivity contribution in [1.82, 2.24) is 19.9 Å². The molecular formula is C26H39BN4O2. The molecule has 2 aliphatic rings. The summed E-state index contributed by atoms with van der Waals surface area (Å²) in [4.78, 5) is 18.5. The minimum Gasteiger partial charge on any atom is -0.437 e. The van der Waals surface area contributed by atoms with Crippen molar-refractivity contribution in [2.75, 3.05) is 39.3 Å². The molecule has 6 nitrogen and oxygen atoms in total. The Bertz CT molecular complexity index is 837. The molecule has 2 aliphatic heterocycles. The first-order chi connectivity index (χ1) is 15.9. The van der Waals surface area contributed by atoms with E-state index in [2.05, 4.69) is 64.5 Å². The molecule has 2 unspecified atom stereocenters. The van der Waals surface area contributed by atoms with Crippen molar-refractivity contribution >= 4 is 12.8 Å². The van der Waals surface area contributed by atoms with Crippen molar-refractivity contribution in [3.05, 3.63) is 71.8 Å². The number of carbonyl (C=O) groups excluding carboxylic acids is 1. The van der Waals surface area contributed by atoms with Gasteiger partial charge in [-0.3, -0.25) is 14.6 Å². The molecule has 0 bridgehead atoms. The third-order valence-electron chi connectivity index (χ3n) is 6.62. The molecule has 178 valence electrons. The molecule has 2 atom stereocenters. The second-order valence-electron chi connectivity index (χ2n) is 9.22. The molecule has 2 saturated heterocycles. The summed E-state index contributed by atoms with van der Waals surface area (Å²) < 4.78 is 0. The predicted molar refractivity (Wildman–Crippen MR) is 136 cm³/mol. The average Bonchev–Trinajstić information content (AvgIpc) is 2.82. The van der Waals surface area contributed by atoms with E-state index in [9.17, 15) is 9.82 Å². The fourth-order valence-corrected chi connectivity index (χ4v) is 4.51. The van der Waals surface area contributed by atoms with E-state index in [0.29, 0.717) is 12.6 Å². The van der Waals surface area contributed by atoms with Crippen molar-refractivity contribution in [3.63, 3.8) is 0 Å². The molecule has 0 aliphatic carbocycles. The van der Waals surface area contributed by atoms with Gasteiger partial charge in [0.05, 0.1) is 6.04 Å². The molecular weight excluding hydrogens is 411 g/mol. The van der Waals surface area contributed by atoms with Crippen molar-refractivity contribution in [2.45, 2.75) is 45.8 Å². The summed E-state index contributed by atoms with van der Waals surface area (Å²) in [7, 11) is -0.485. The van der Waals surface area contributed by atoms with Crippen LogP contribution < -0.4 is 5.32 Å². The lowest BCUT2D eigenvalue weighted by molar-refractivity contribution is -0.124. The van der Waals surface area contributed by atoms with Crippen LogP contribution in [-0.4, -0.2) is 83.8 Å². The summed E-state index contributed by atoms with van der Waals surface area (Å²) in [5, 5.41) is 13.1. The Hall–Kier alpha value is -2.03. The van der Waals surface area contributed by atoms with E-state index in [4.69, 9.17) is 0 Å². The summed E-state index contributed by atoms with van der Waals surface area (Å²) in [6, 6.07) is 21.4. The molecule has 2 aromatic rings. The second-order valence-corrected chi connectivity index (χ2v) is 9.22. The predicted octanol–water partition coefficient (Wildman–Crippen LogP) is 2.35. The van der Waals surface area contributed by atoms with Crippen LogP contribution in [0.15, 0.2) is 60.7 Å². The van der Waals surface area contributed by atoms with Gasteiger partial charge in [-0.05, 0) is 31.8 Å². The van der Waals surface area contributed by atoms with Crippen molar-refractivity contribution in [1.29, 1.82) is 0 Å². The minimum atomic E-state index is -0.485. The maximum atomic E-state index is 11.8. The van der Waals surface area contributed by atoms with Crippen molar-refractivity contribution < 1.29 is 9.82 Å². The smallest absolute Gasteiger partial charge is 0.376 e. The maximum absolute atomic E-state index is 11.8. The van der Waals surface area contributed by atoms with E-state index < -0.39 is 7.05 Å². The van der Waals surface area contributed by atoms with Gasteiger partial charge in [-0.1, -0.05) is 60.7 Å². The number of nitrogens with zero attached hydrogens (tertiary/aromatic N) is 3. The van der Waals surface area contributed by atoms with Gasteiger partial charge in [0.25, 0.3) is 0 Å². The van der Waals surface area contributed by atoms with E-state index in [1.807, 2.05) is 23.0 Å². The quantitative estimate of drug-likeness (QED) is 0.660. The molecule has 7 heteroatoms. The zero-order valence-corrected chi connectivity index (χ0v) is 20.4. The molecule has 0 saturated carbocycles. The van der Waals surface area contributed by atoms with Crippen LogP contribution in [0.4, 0.5) is 0 Å². The zero-order valence-electron chi connectivity index (χ0n) is 20.4. The Morgan fingerprint density at radius 2 is 1.55 bits per heavy atom. The molecule has 2 heterocycles. The lowest BCUT2D eigenvalue weighted by Gasteiger charge is -2.40. The maximum Gasteiger partial charge on any atom is 0.376 e. The van der Waals surface area contributed by atoms with E-state index in [1.165, 1.54) is 11.1 Å². The van der Waals surface area contributed by atoms with Crippen molar-refractivity contribution in [2.24, 2.45) is 0 Å². The van der Waals surface area contributed by atoms with Crippen LogP contribution in [0, 0.1) is 0 Å². The molecule has 0 spiro atoms. The molecule has 4 rings (SSSR count). The minimum absolute atomic E-state index is 0.122. The third-order valence-corrected chi connectivity index (χ3v) is 6.62. The van der Waals surface area contributed by atoms with E-state index in [0.717, 1.165) is 45.8 Å². The fourth-order valence-electron chi connectivity index (χ4n) is 4.51. The van der Waals surface area contributed by atoms with Crippen LogP contribution in [0.3, 0.4) is 0 Å². The van der Waals surface area contributed by atoms with Gasteiger partial charge < -0.3 is 15.2 Å². The first-order valence-corrected chi connectivity index (χ1v) is 12.1. The van der Waals surface area contributed by atoms with E-state index in [1.54, 1.807) is 13.7 Å². The summed E-state index contributed by atoms with van der Waals surface area (Å²) in [6.07, 6.45) is 0. The Morgan fingerprint density at radius 3 is 2.06 bits per heavy atom. The molecule has 0 radical (unpaired) electrons. The highest BCUT2D eigenvalue weighted by atomic mass is 16.2. The van der Waals surface area contributed by atoms with E-state index >= 15 is 0 Å². The second kappa shape index (κ2) is 13.0. The van der Waals surface area contributed by atoms with Gasteiger partial charge in [0.1, 0.15) is 5.78 Å². The SMILES string of the molecule is CB(O)N1CCN(Cc2ccccc2)C(C(C)=O)C1.CC1CNCCN1Cc1ccccc1. The number of benzene rings is 2. The zero-order chi connectivity index (χ0) is 23.6. The topological polar surface area (TPSA) is 59.1 Å². The van der Waals surface area contributed by atoms with Gasteiger partial charge in [-0.15, -0.1) is 0 Å². The number of piperazine rings is 2. The van der Waals surface area contributed by atoms with Crippen LogP contribution in [0.25, 0.3) is 0 Å². The first-order valence-electron chi connectivity index (χ1n) is 12.1. The highest BCUT2D eigenvalue weighted by molar-refractivity contribution is 6.45. The molecule has 0 aromatic heterocycles. The number of nitrogens with one attached hydrogen (secondary N) is 1. The molecule has 33 heavy (non-hydrogen) atoms. The van der Waals surface area contributed by atoms with Gasteiger partial charge in [-0.2, -0.15) is 0 Å². The lowest BCUT2D eigenvalue weighted by atomic mass is 9.83. The third kappa shape index (κ3) is 8.05. The number of ketones is 1. The van der Waals surface area contributed by atoms with Gasteiger partial charge in [0.2, 0.25) is 0 Å². The summed E-state index contributed by atoms with van der Waals surface area (Å²) in [5.74, 6) is 0.168. The Balaban J connectivity index is 0.000000194. The number of rotatable bonds is 6. The average molecular weight is 450 g/mol.